The number of ether oxygens (including phenoxy) is 2. The summed E-state index contributed by atoms with van der Waals surface area (Å²) < 4.78 is 13.8. The number of hydrogen-bond donors (Lipinski definition) is 1. The highest BCUT2D eigenvalue weighted by Gasteiger charge is 2.24. The lowest BCUT2D eigenvalue weighted by Gasteiger charge is -2.29. The predicted octanol–water partition coefficient (Wildman–Crippen LogP) is 5.75. The zero-order chi connectivity index (χ0) is 27.6. The number of fused-ring (bicyclic) bond motifs is 1. The molecule has 2 aliphatic rings. The van der Waals surface area contributed by atoms with Gasteiger partial charge in [-0.1, -0.05) is 35.9 Å². The van der Waals surface area contributed by atoms with E-state index in [-0.39, 0.29) is 6.10 Å². The lowest BCUT2D eigenvalue weighted by Crippen LogP contribution is -2.33. The number of benzene rings is 2. The summed E-state index contributed by atoms with van der Waals surface area (Å²) in [6.45, 7) is 6.01. The molecule has 40 heavy (non-hydrogen) atoms. The highest BCUT2D eigenvalue weighted by Crippen LogP contribution is 2.27. The summed E-state index contributed by atoms with van der Waals surface area (Å²) in [5, 5.41) is 10.4. The third-order valence-electron chi connectivity index (χ3n) is 7.59. The van der Waals surface area contributed by atoms with Crippen LogP contribution in [-0.4, -0.2) is 56.3 Å². The van der Waals surface area contributed by atoms with Gasteiger partial charge in [0.05, 0.1) is 41.5 Å². The quantitative estimate of drug-likeness (QED) is 0.280. The Morgan fingerprint density at radius 2 is 2.00 bits per heavy atom. The second-order valence-corrected chi connectivity index (χ2v) is 10.8. The smallest absolute Gasteiger partial charge is 0.336 e. The van der Waals surface area contributed by atoms with Crippen LogP contribution in [-0.2, 0) is 24.4 Å². The molecule has 2 aromatic carbocycles. The first-order chi connectivity index (χ1) is 19.4. The van der Waals surface area contributed by atoms with Crippen LogP contribution in [0.25, 0.3) is 16.6 Å². The largest absolute Gasteiger partial charge is 0.478 e. The Balaban J connectivity index is 1.16. The predicted molar refractivity (Wildman–Crippen MR) is 154 cm³/mol. The molecule has 1 saturated heterocycles. The SMILES string of the molecule is Cc1cc2nc(CN3CC=C(c4cccc(OCc5ccc(Cl)cc5)n4)CC3)n(CC3CCO3)c2cc1C(=O)O. The van der Waals surface area contributed by atoms with Crippen LogP contribution in [0.1, 0.15) is 45.8 Å². The van der Waals surface area contributed by atoms with Gasteiger partial charge in [-0.25, -0.2) is 14.8 Å². The van der Waals surface area contributed by atoms with Crippen molar-refractivity contribution in [1.29, 1.82) is 0 Å². The first-order valence-electron chi connectivity index (χ1n) is 13.5. The van der Waals surface area contributed by atoms with Gasteiger partial charge in [-0.05, 0) is 66.8 Å². The average Bonchev–Trinajstić information content (AvgIpc) is 3.25. The number of hydrogen-bond acceptors (Lipinski definition) is 6. The Morgan fingerprint density at radius 1 is 1.18 bits per heavy atom. The van der Waals surface area contributed by atoms with Crippen molar-refractivity contribution in [3.05, 3.63) is 93.9 Å². The maximum atomic E-state index is 11.8. The topological polar surface area (TPSA) is 89.7 Å². The molecular weight excluding hydrogens is 528 g/mol. The number of carboxylic acids is 1. The van der Waals surface area contributed by atoms with Crippen LogP contribution in [0.2, 0.25) is 5.02 Å². The van der Waals surface area contributed by atoms with Crippen molar-refractivity contribution in [3.8, 4) is 5.88 Å². The van der Waals surface area contributed by atoms with Crippen molar-refractivity contribution in [2.24, 2.45) is 0 Å². The van der Waals surface area contributed by atoms with Crippen LogP contribution in [0.5, 0.6) is 5.88 Å². The molecule has 0 amide bonds. The third kappa shape index (κ3) is 5.75. The maximum Gasteiger partial charge on any atom is 0.336 e. The molecule has 1 unspecified atom stereocenters. The van der Waals surface area contributed by atoms with E-state index < -0.39 is 5.97 Å². The Labute approximate surface area is 237 Å². The molecule has 4 aromatic rings. The van der Waals surface area contributed by atoms with Gasteiger partial charge in [-0.15, -0.1) is 0 Å². The Hall–Kier alpha value is -3.72. The average molecular weight is 559 g/mol. The Bertz CT molecular complexity index is 1580. The number of aryl methyl sites for hydroxylation is 1. The first-order valence-corrected chi connectivity index (χ1v) is 13.9. The minimum Gasteiger partial charge on any atom is -0.478 e. The number of halogens is 1. The lowest BCUT2D eigenvalue weighted by molar-refractivity contribution is -0.0591. The van der Waals surface area contributed by atoms with E-state index in [0.29, 0.717) is 41.7 Å². The molecule has 0 saturated carbocycles. The number of nitrogens with zero attached hydrogens (tertiary/aromatic N) is 4. The summed E-state index contributed by atoms with van der Waals surface area (Å²) in [5.74, 6) is 0.606. The van der Waals surface area contributed by atoms with Crippen LogP contribution in [0.15, 0.2) is 60.7 Å². The summed E-state index contributed by atoms with van der Waals surface area (Å²) in [6, 6.07) is 17.1. The van der Waals surface area contributed by atoms with Crippen LogP contribution in [0.3, 0.4) is 0 Å². The second-order valence-electron chi connectivity index (χ2n) is 10.4. The molecule has 1 atom stereocenters. The molecule has 0 radical (unpaired) electrons. The van der Waals surface area contributed by atoms with E-state index in [9.17, 15) is 9.90 Å². The molecule has 0 spiro atoms. The van der Waals surface area contributed by atoms with E-state index in [4.69, 9.17) is 31.0 Å². The van der Waals surface area contributed by atoms with Gasteiger partial charge < -0.3 is 19.1 Å². The molecule has 6 rings (SSSR count). The molecule has 8 nitrogen and oxygen atoms in total. The Morgan fingerprint density at radius 3 is 2.70 bits per heavy atom. The van der Waals surface area contributed by atoms with Gasteiger partial charge in [0.1, 0.15) is 12.4 Å². The molecule has 1 N–H and O–H groups in total. The van der Waals surface area contributed by atoms with Crippen molar-refractivity contribution >= 4 is 34.2 Å². The van der Waals surface area contributed by atoms with Crippen LogP contribution in [0.4, 0.5) is 0 Å². The number of carboxylic acid groups (broad SMARTS) is 1. The van der Waals surface area contributed by atoms with Gasteiger partial charge in [0.25, 0.3) is 0 Å². The van der Waals surface area contributed by atoms with Gasteiger partial charge in [-0.2, -0.15) is 0 Å². The van der Waals surface area contributed by atoms with Gasteiger partial charge in [-0.3, -0.25) is 4.90 Å². The molecule has 0 aliphatic carbocycles. The number of imidazole rings is 1. The van der Waals surface area contributed by atoms with Crippen LogP contribution in [0, 0.1) is 6.92 Å². The van der Waals surface area contributed by atoms with Gasteiger partial charge >= 0.3 is 5.97 Å². The molecule has 206 valence electrons. The van der Waals surface area contributed by atoms with Crippen molar-refractivity contribution < 1.29 is 19.4 Å². The van der Waals surface area contributed by atoms with E-state index >= 15 is 0 Å². The molecular formula is C31H31ClN4O4. The highest BCUT2D eigenvalue weighted by molar-refractivity contribution is 6.30. The van der Waals surface area contributed by atoms with E-state index in [1.54, 1.807) is 6.07 Å². The van der Waals surface area contributed by atoms with E-state index in [2.05, 4.69) is 15.5 Å². The Kier molecular flexibility index (Phi) is 7.56. The van der Waals surface area contributed by atoms with Crippen LogP contribution < -0.4 is 4.74 Å². The van der Waals surface area contributed by atoms with Gasteiger partial charge in [0.15, 0.2) is 0 Å². The first kappa shape index (κ1) is 26.5. The number of aromatic nitrogens is 3. The zero-order valence-electron chi connectivity index (χ0n) is 22.3. The summed E-state index contributed by atoms with van der Waals surface area (Å²) in [5.41, 5.74) is 5.87. The molecule has 9 heteroatoms. The number of rotatable bonds is 9. The molecule has 2 aliphatic heterocycles. The molecule has 4 heterocycles. The summed E-state index contributed by atoms with van der Waals surface area (Å²) in [4.78, 5) is 23.8. The fraction of sp³-hybridized carbons (Fsp3) is 0.323. The summed E-state index contributed by atoms with van der Waals surface area (Å²) in [7, 11) is 0. The van der Waals surface area contributed by atoms with Crippen molar-refractivity contribution in [2.45, 2.75) is 45.6 Å². The van der Waals surface area contributed by atoms with Crippen molar-refractivity contribution in [3.63, 3.8) is 0 Å². The summed E-state index contributed by atoms with van der Waals surface area (Å²) >= 11 is 5.98. The highest BCUT2D eigenvalue weighted by atomic mass is 35.5. The fourth-order valence-electron chi connectivity index (χ4n) is 5.21. The normalized spacial score (nSPS) is 17.4. The maximum absolute atomic E-state index is 11.8. The molecule has 2 aromatic heterocycles. The van der Waals surface area contributed by atoms with Gasteiger partial charge in [0, 0.05) is 30.8 Å². The fourth-order valence-corrected chi connectivity index (χ4v) is 5.34. The van der Waals surface area contributed by atoms with E-state index in [1.807, 2.05) is 55.5 Å². The zero-order valence-corrected chi connectivity index (χ0v) is 23.1. The van der Waals surface area contributed by atoms with E-state index in [1.165, 1.54) is 5.57 Å². The molecule has 0 bridgehead atoms. The standard InChI is InChI=1S/C31H31ClN4O4/c1-20-15-27-28(16-25(20)31(37)38)36(17-24-11-14-39-24)29(33-27)18-35-12-9-22(10-13-35)26-3-2-4-30(34-26)40-19-21-5-7-23(32)8-6-21/h2-9,15-16,24H,10-14,17-19H2,1H3,(H,37,38). The van der Waals surface area contributed by atoms with Crippen molar-refractivity contribution in [2.75, 3.05) is 19.7 Å². The van der Waals surface area contributed by atoms with Gasteiger partial charge in [0.2, 0.25) is 5.88 Å². The minimum absolute atomic E-state index is 0.138. The van der Waals surface area contributed by atoms with Crippen LogP contribution >= 0.6 is 11.6 Å². The monoisotopic (exact) mass is 558 g/mol. The summed E-state index contributed by atoms with van der Waals surface area (Å²) in [6.07, 6.45) is 4.23. The number of carbonyl (C=O) groups is 1. The van der Waals surface area contributed by atoms with Crippen molar-refractivity contribution in [1.82, 2.24) is 19.4 Å². The minimum atomic E-state index is -0.921. The number of pyridine rings is 1. The molecule has 1 fully saturated rings. The lowest BCUT2D eigenvalue weighted by atomic mass is 10.0. The number of aromatic carboxylic acids is 1. The second kappa shape index (κ2) is 11.4. The third-order valence-corrected chi connectivity index (χ3v) is 7.85. The van der Waals surface area contributed by atoms with E-state index in [0.717, 1.165) is 60.7 Å².